The Morgan fingerprint density at radius 1 is 1.21 bits per heavy atom. The van der Waals surface area contributed by atoms with Crippen LogP contribution in [0, 0.1) is 11.8 Å². The Hall–Kier alpha value is -0.320. The van der Waals surface area contributed by atoms with E-state index in [0.717, 1.165) is 38.8 Å². The standard InChI is InChI=1S/C14H26N2O2.ClH/c17-13(12-3-1-2-4-12)10-16-14(18)9-11-5-7-15-8-6-11;/h11-13,15,17H,1-10H2,(H,16,18);1H. The maximum absolute atomic E-state index is 11.8. The highest BCUT2D eigenvalue weighted by atomic mass is 35.5. The molecule has 1 saturated heterocycles. The smallest absolute Gasteiger partial charge is 0.220 e. The van der Waals surface area contributed by atoms with E-state index in [0.29, 0.717) is 24.8 Å². The zero-order valence-corrected chi connectivity index (χ0v) is 12.4. The maximum Gasteiger partial charge on any atom is 0.220 e. The van der Waals surface area contributed by atoms with Crippen LogP contribution in [0.5, 0.6) is 0 Å². The van der Waals surface area contributed by atoms with E-state index in [9.17, 15) is 9.90 Å². The van der Waals surface area contributed by atoms with E-state index in [1.807, 2.05) is 0 Å². The average molecular weight is 291 g/mol. The first kappa shape index (κ1) is 16.7. The summed E-state index contributed by atoms with van der Waals surface area (Å²) >= 11 is 0. The summed E-state index contributed by atoms with van der Waals surface area (Å²) in [6.07, 6.45) is 7.16. The van der Waals surface area contributed by atoms with Crippen LogP contribution in [0.1, 0.15) is 44.9 Å². The molecule has 1 amide bonds. The summed E-state index contributed by atoms with van der Waals surface area (Å²) < 4.78 is 0. The number of carbonyl (C=O) groups excluding carboxylic acids is 1. The first-order valence-electron chi connectivity index (χ1n) is 7.41. The molecule has 19 heavy (non-hydrogen) atoms. The quantitative estimate of drug-likeness (QED) is 0.718. The van der Waals surface area contributed by atoms with Gasteiger partial charge in [-0.05, 0) is 50.6 Å². The van der Waals surface area contributed by atoms with Gasteiger partial charge in [0.2, 0.25) is 5.91 Å². The van der Waals surface area contributed by atoms with Crippen molar-refractivity contribution in [2.24, 2.45) is 11.8 Å². The molecule has 2 aliphatic rings. The van der Waals surface area contributed by atoms with E-state index in [2.05, 4.69) is 10.6 Å². The molecular weight excluding hydrogens is 264 g/mol. The molecule has 0 radical (unpaired) electrons. The third kappa shape index (κ3) is 5.67. The van der Waals surface area contributed by atoms with Crippen molar-refractivity contribution in [2.75, 3.05) is 19.6 Å². The van der Waals surface area contributed by atoms with Crippen LogP contribution in [0.15, 0.2) is 0 Å². The van der Waals surface area contributed by atoms with Crippen molar-refractivity contribution in [3.05, 3.63) is 0 Å². The van der Waals surface area contributed by atoms with Gasteiger partial charge in [-0.25, -0.2) is 0 Å². The van der Waals surface area contributed by atoms with Crippen LogP contribution in [0.2, 0.25) is 0 Å². The van der Waals surface area contributed by atoms with E-state index < -0.39 is 0 Å². The Labute approximate surface area is 122 Å². The highest BCUT2D eigenvalue weighted by molar-refractivity contribution is 5.85. The van der Waals surface area contributed by atoms with E-state index >= 15 is 0 Å². The van der Waals surface area contributed by atoms with Gasteiger partial charge in [0, 0.05) is 13.0 Å². The molecule has 0 bridgehead atoms. The molecule has 1 aliphatic carbocycles. The number of rotatable bonds is 5. The fourth-order valence-electron chi connectivity index (χ4n) is 3.15. The number of hydrogen-bond donors (Lipinski definition) is 3. The Morgan fingerprint density at radius 3 is 2.47 bits per heavy atom. The van der Waals surface area contributed by atoms with Gasteiger partial charge in [-0.3, -0.25) is 4.79 Å². The van der Waals surface area contributed by atoms with Crippen LogP contribution in [0.4, 0.5) is 0 Å². The molecule has 5 heteroatoms. The minimum absolute atomic E-state index is 0. The van der Waals surface area contributed by atoms with Gasteiger partial charge in [0.1, 0.15) is 0 Å². The normalized spacial score (nSPS) is 22.8. The molecule has 1 atom stereocenters. The van der Waals surface area contributed by atoms with Gasteiger partial charge in [0.05, 0.1) is 6.10 Å². The van der Waals surface area contributed by atoms with Gasteiger partial charge >= 0.3 is 0 Å². The Bertz CT molecular complexity index is 264. The molecule has 0 aromatic rings. The lowest BCUT2D eigenvalue weighted by molar-refractivity contribution is -0.122. The van der Waals surface area contributed by atoms with Crippen molar-refractivity contribution in [2.45, 2.75) is 51.0 Å². The molecule has 1 saturated carbocycles. The number of hydrogen-bond acceptors (Lipinski definition) is 3. The average Bonchev–Trinajstić information content (AvgIpc) is 2.91. The summed E-state index contributed by atoms with van der Waals surface area (Å²) in [5, 5.41) is 16.2. The van der Waals surface area contributed by atoms with Crippen molar-refractivity contribution >= 4 is 18.3 Å². The molecule has 0 spiro atoms. The summed E-state index contributed by atoms with van der Waals surface area (Å²) in [6.45, 7) is 2.50. The number of aliphatic hydroxyl groups excluding tert-OH is 1. The first-order chi connectivity index (χ1) is 8.75. The Balaban J connectivity index is 0.00000180. The fourth-order valence-corrected chi connectivity index (χ4v) is 3.15. The second-order valence-electron chi connectivity index (χ2n) is 5.81. The molecule has 4 nitrogen and oxygen atoms in total. The number of halogens is 1. The van der Waals surface area contributed by atoms with Crippen LogP contribution in [-0.4, -0.2) is 36.8 Å². The summed E-state index contributed by atoms with van der Waals surface area (Å²) in [7, 11) is 0. The van der Waals surface area contributed by atoms with E-state index in [1.54, 1.807) is 0 Å². The van der Waals surface area contributed by atoms with Crippen molar-refractivity contribution in [1.29, 1.82) is 0 Å². The largest absolute Gasteiger partial charge is 0.391 e. The van der Waals surface area contributed by atoms with Crippen LogP contribution in [-0.2, 0) is 4.79 Å². The van der Waals surface area contributed by atoms with Crippen LogP contribution < -0.4 is 10.6 Å². The summed E-state index contributed by atoms with van der Waals surface area (Å²) in [5.74, 6) is 1.04. The second kappa shape index (κ2) is 8.77. The highest BCUT2D eigenvalue weighted by Crippen LogP contribution is 2.27. The van der Waals surface area contributed by atoms with Gasteiger partial charge in [0.15, 0.2) is 0 Å². The van der Waals surface area contributed by atoms with Crippen molar-refractivity contribution in [3.8, 4) is 0 Å². The SMILES string of the molecule is Cl.O=C(CC1CCNCC1)NCC(O)C1CCCC1. The lowest BCUT2D eigenvalue weighted by Crippen LogP contribution is -2.37. The molecular formula is C14H27ClN2O2. The topological polar surface area (TPSA) is 61.4 Å². The van der Waals surface area contributed by atoms with Gasteiger partial charge in [-0.1, -0.05) is 12.8 Å². The molecule has 112 valence electrons. The molecule has 1 unspecified atom stereocenters. The third-order valence-electron chi connectivity index (χ3n) is 4.39. The number of aliphatic hydroxyl groups is 1. The zero-order chi connectivity index (χ0) is 12.8. The monoisotopic (exact) mass is 290 g/mol. The van der Waals surface area contributed by atoms with Crippen molar-refractivity contribution in [1.82, 2.24) is 10.6 Å². The number of carbonyl (C=O) groups is 1. The van der Waals surface area contributed by atoms with Gasteiger partial charge in [0.25, 0.3) is 0 Å². The minimum atomic E-state index is -0.343. The lowest BCUT2D eigenvalue weighted by Gasteiger charge is -2.23. The van der Waals surface area contributed by atoms with Gasteiger partial charge in [-0.15, -0.1) is 12.4 Å². The summed E-state index contributed by atoms with van der Waals surface area (Å²) in [6, 6.07) is 0. The molecule has 0 aromatic heterocycles. The van der Waals surface area contributed by atoms with E-state index in [-0.39, 0.29) is 24.4 Å². The molecule has 2 rings (SSSR count). The fraction of sp³-hybridized carbons (Fsp3) is 0.929. The Kier molecular flexibility index (Phi) is 7.73. The van der Waals surface area contributed by atoms with Crippen LogP contribution >= 0.6 is 12.4 Å². The summed E-state index contributed by atoms with van der Waals surface area (Å²) in [4.78, 5) is 11.8. The highest BCUT2D eigenvalue weighted by Gasteiger charge is 2.24. The third-order valence-corrected chi connectivity index (χ3v) is 4.39. The number of nitrogens with one attached hydrogen (secondary N) is 2. The van der Waals surface area contributed by atoms with E-state index in [4.69, 9.17) is 0 Å². The molecule has 1 heterocycles. The van der Waals surface area contributed by atoms with Gasteiger partial charge < -0.3 is 15.7 Å². The lowest BCUT2D eigenvalue weighted by atomic mass is 9.94. The predicted molar refractivity (Wildman–Crippen MR) is 78.4 cm³/mol. The summed E-state index contributed by atoms with van der Waals surface area (Å²) in [5.41, 5.74) is 0. The minimum Gasteiger partial charge on any atom is -0.391 e. The van der Waals surface area contributed by atoms with Gasteiger partial charge in [-0.2, -0.15) is 0 Å². The molecule has 2 fully saturated rings. The van der Waals surface area contributed by atoms with E-state index in [1.165, 1.54) is 12.8 Å². The zero-order valence-electron chi connectivity index (χ0n) is 11.6. The maximum atomic E-state index is 11.8. The first-order valence-corrected chi connectivity index (χ1v) is 7.41. The second-order valence-corrected chi connectivity index (χ2v) is 5.81. The van der Waals surface area contributed by atoms with Crippen LogP contribution in [0.25, 0.3) is 0 Å². The predicted octanol–water partition coefficient (Wildman–Crippen LogP) is 1.47. The van der Waals surface area contributed by atoms with Crippen LogP contribution in [0.3, 0.4) is 0 Å². The number of piperidine rings is 1. The molecule has 1 aliphatic heterocycles. The van der Waals surface area contributed by atoms with Crippen molar-refractivity contribution in [3.63, 3.8) is 0 Å². The van der Waals surface area contributed by atoms with Crippen molar-refractivity contribution < 1.29 is 9.90 Å². The Morgan fingerprint density at radius 2 is 1.84 bits per heavy atom. The molecule has 0 aromatic carbocycles. The number of amides is 1. The molecule has 3 N–H and O–H groups in total.